The van der Waals surface area contributed by atoms with E-state index in [0.717, 1.165) is 39.1 Å². The molecule has 1 aliphatic rings. The second-order valence-electron chi connectivity index (χ2n) is 10.6. The third kappa shape index (κ3) is 8.32. The summed E-state index contributed by atoms with van der Waals surface area (Å²) in [6, 6.07) is 9.53. The molecule has 1 aliphatic heterocycles. The van der Waals surface area contributed by atoms with Crippen LogP contribution in [0.2, 0.25) is 5.02 Å². The monoisotopic (exact) mass is 555 g/mol. The number of aromatic nitrogens is 3. The van der Waals surface area contributed by atoms with Crippen molar-refractivity contribution in [3.8, 4) is 11.3 Å². The average Bonchev–Trinajstić information content (AvgIpc) is 2.88. The Morgan fingerprint density at radius 3 is 2.64 bits per heavy atom. The minimum absolute atomic E-state index is 0.255. The van der Waals surface area contributed by atoms with Gasteiger partial charge in [0.05, 0.1) is 17.6 Å². The number of nitrogens with zero attached hydrogens (tertiary/aromatic N) is 6. The summed E-state index contributed by atoms with van der Waals surface area (Å²) in [4.78, 5) is 23.9. The molecule has 0 spiro atoms. The van der Waals surface area contributed by atoms with Crippen molar-refractivity contribution in [3.63, 3.8) is 0 Å². The van der Waals surface area contributed by atoms with E-state index in [1.54, 1.807) is 29.3 Å². The highest BCUT2D eigenvalue weighted by atomic mass is 35.5. The van der Waals surface area contributed by atoms with Crippen LogP contribution in [0.5, 0.6) is 0 Å². The topological polar surface area (TPSA) is 86.7 Å². The lowest BCUT2D eigenvalue weighted by Gasteiger charge is -2.33. The molecule has 11 heteroatoms. The molecule has 0 bridgehead atoms. The summed E-state index contributed by atoms with van der Waals surface area (Å²) in [6.45, 7) is 11.0. The Kier molecular flexibility index (Phi) is 9.32. The van der Waals surface area contributed by atoms with Crippen molar-refractivity contribution in [1.29, 1.82) is 0 Å². The molecule has 208 valence electrons. The highest BCUT2D eigenvalue weighted by Gasteiger charge is 2.25. The summed E-state index contributed by atoms with van der Waals surface area (Å²) in [5, 5.41) is 11.7. The highest BCUT2D eigenvalue weighted by molar-refractivity contribution is 6.30. The van der Waals surface area contributed by atoms with Gasteiger partial charge in [0.15, 0.2) is 0 Å². The fraction of sp³-hybridized carbons (Fsp3) is 0.429. The molecule has 0 saturated carbocycles. The van der Waals surface area contributed by atoms with Crippen molar-refractivity contribution in [2.24, 2.45) is 0 Å². The van der Waals surface area contributed by atoms with E-state index < -0.39 is 17.5 Å². The van der Waals surface area contributed by atoms with Crippen molar-refractivity contribution in [2.45, 2.75) is 32.8 Å². The van der Waals surface area contributed by atoms with Crippen LogP contribution in [0.3, 0.4) is 0 Å². The number of likely N-dealkylation sites (N-methyl/N-ethyl adjacent to an activating group) is 1. The van der Waals surface area contributed by atoms with Crippen LogP contribution in [-0.2, 0) is 4.74 Å². The van der Waals surface area contributed by atoms with Crippen molar-refractivity contribution in [1.82, 2.24) is 25.0 Å². The van der Waals surface area contributed by atoms with E-state index in [9.17, 15) is 9.18 Å². The van der Waals surface area contributed by atoms with Crippen LogP contribution in [0.25, 0.3) is 11.3 Å². The van der Waals surface area contributed by atoms with Gasteiger partial charge in [-0.2, -0.15) is 10.2 Å². The number of hydrogen-bond acceptors (Lipinski definition) is 8. The summed E-state index contributed by atoms with van der Waals surface area (Å²) in [6.07, 6.45) is 3.50. The summed E-state index contributed by atoms with van der Waals surface area (Å²) < 4.78 is 20.1. The van der Waals surface area contributed by atoms with Crippen molar-refractivity contribution in [2.75, 3.05) is 56.5 Å². The SMILES string of the molecule is CN1CCN(CCCN(C(=O)OC(C)(C)C)c2cc(Nc3cnnc(-c4cc(Cl)ccc4F)c3)ccn2)CC1. The number of hydrogen-bond donors (Lipinski definition) is 1. The van der Waals surface area contributed by atoms with Crippen LogP contribution in [0.4, 0.5) is 26.4 Å². The minimum Gasteiger partial charge on any atom is -0.443 e. The van der Waals surface area contributed by atoms with Gasteiger partial charge in [-0.05, 0) is 71.1 Å². The fourth-order valence-corrected chi connectivity index (χ4v) is 4.38. The van der Waals surface area contributed by atoms with Gasteiger partial charge in [-0.15, -0.1) is 0 Å². The molecular formula is C28H35ClFN7O2. The first-order valence-electron chi connectivity index (χ1n) is 13.0. The van der Waals surface area contributed by atoms with Gasteiger partial charge in [0, 0.05) is 61.3 Å². The molecule has 9 nitrogen and oxygen atoms in total. The van der Waals surface area contributed by atoms with E-state index in [1.807, 2.05) is 20.8 Å². The maximum Gasteiger partial charge on any atom is 0.416 e. The zero-order valence-corrected chi connectivity index (χ0v) is 23.6. The van der Waals surface area contributed by atoms with E-state index in [4.69, 9.17) is 16.3 Å². The number of pyridine rings is 1. The lowest BCUT2D eigenvalue weighted by Crippen LogP contribution is -2.45. The molecule has 39 heavy (non-hydrogen) atoms. The molecule has 3 heterocycles. The van der Waals surface area contributed by atoms with Crippen LogP contribution in [0.1, 0.15) is 27.2 Å². The van der Waals surface area contributed by atoms with Gasteiger partial charge >= 0.3 is 6.09 Å². The van der Waals surface area contributed by atoms with Gasteiger partial charge in [0.25, 0.3) is 0 Å². The van der Waals surface area contributed by atoms with E-state index in [0.29, 0.717) is 34.5 Å². The number of nitrogens with one attached hydrogen (secondary N) is 1. The second-order valence-corrected chi connectivity index (χ2v) is 11.0. The minimum atomic E-state index is -0.642. The van der Waals surface area contributed by atoms with Gasteiger partial charge in [-0.25, -0.2) is 14.2 Å². The van der Waals surface area contributed by atoms with E-state index >= 15 is 0 Å². The number of rotatable bonds is 8. The number of piperazine rings is 1. The Hall–Kier alpha value is -3.34. The number of ether oxygens (including phenoxy) is 1. The quantitative estimate of drug-likeness (QED) is 0.392. The van der Waals surface area contributed by atoms with Crippen molar-refractivity contribution in [3.05, 3.63) is 59.6 Å². The van der Waals surface area contributed by atoms with E-state index in [2.05, 4.69) is 37.3 Å². The summed E-state index contributed by atoms with van der Waals surface area (Å²) in [7, 11) is 2.13. The third-order valence-corrected chi connectivity index (χ3v) is 6.47. The smallest absolute Gasteiger partial charge is 0.416 e. The number of anilines is 3. The fourth-order valence-electron chi connectivity index (χ4n) is 4.21. The average molecular weight is 556 g/mol. The Morgan fingerprint density at radius 1 is 1.13 bits per heavy atom. The van der Waals surface area contributed by atoms with Gasteiger partial charge in [0.2, 0.25) is 0 Å². The number of carbonyl (C=O) groups is 1. The van der Waals surface area contributed by atoms with Gasteiger partial charge < -0.3 is 19.9 Å². The number of benzene rings is 1. The van der Waals surface area contributed by atoms with Crippen molar-refractivity contribution < 1.29 is 13.9 Å². The first-order valence-corrected chi connectivity index (χ1v) is 13.4. The van der Waals surface area contributed by atoms with Crippen LogP contribution in [-0.4, -0.2) is 83.0 Å². The van der Waals surface area contributed by atoms with E-state index in [1.165, 1.54) is 24.4 Å². The Bertz CT molecular complexity index is 1280. The Labute approximate surface area is 233 Å². The van der Waals surface area contributed by atoms with Gasteiger partial charge in [-0.1, -0.05) is 11.6 Å². The largest absolute Gasteiger partial charge is 0.443 e. The zero-order valence-electron chi connectivity index (χ0n) is 22.8. The lowest BCUT2D eigenvalue weighted by atomic mass is 10.1. The normalized spacial score (nSPS) is 14.7. The molecule has 0 atom stereocenters. The summed E-state index contributed by atoms with van der Waals surface area (Å²) >= 11 is 6.05. The van der Waals surface area contributed by atoms with Crippen LogP contribution < -0.4 is 10.2 Å². The molecular weight excluding hydrogens is 521 g/mol. The molecule has 0 unspecified atom stereocenters. The van der Waals surface area contributed by atoms with Crippen LogP contribution >= 0.6 is 11.6 Å². The highest BCUT2D eigenvalue weighted by Crippen LogP contribution is 2.28. The standard InChI is InChI=1S/C28H35ClFN7O2/c1-28(2,3)39-27(38)37(11-5-10-36-14-12-35(4)13-15-36)26-18-21(8-9-31-26)33-22-17-25(34-32-19-22)23-16-20(29)6-7-24(23)30/h6-9,16-19H,5,10-15H2,1-4H3,(H,31,33,34). The predicted octanol–water partition coefficient (Wildman–Crippen LogP) is 5.45. The molecule has 1 fully saturated rings. The lowest BCUT2D eigenvalue weighted by molar-refractivity contribution is 0.0577. The third-order valence-electron chi connectivity index (χ3n) is 6.24. The van der Waals surface area contributed by atoms with Gasteiger partial charge in [-0.3, -0.25) is 4.90 Å². The zero-order chi connectivity index (χ0) is 28.0. The Morgan fingerprint density at radius 2 is 1.90 bits per heavy atom. The molecule has 0 aliphatic carbocycles. The summed E-state index contributed by atoms with van der Waals surface area (Å²) in [5.41, 5.74) is 1.23. The molecule has 1 saturated heterocycles. The van der Waals surface area contributed by atoms with Crippen LogP contribution in [0, 0.1) is 5.82 Å². The maximum absolute atomic E-state index is 14.4. The predicted molar refractivity (Wildman–Crippen MR) is 152 cm³/mol. The van der Waals surface area contributed by atoms with Crippen LogP contribution in [0.15, 0.2) is 48.8 Å². The molecule has 2 aromatic heterocycles. The second kappa shape index (κ2) is 12.7. The molecule has 1 aromatic carbocycles. The first-order chi connectivity index (χ1) is 18.6. The maximum atomic E-state index is 14.4. The van der Waals surface area contributed by atoms with Gasteiger partial charge in [0.1, 0.15) is 17.2 Å². The number of carbonyl (C=O) groups excluding carboxylic acids is 1. The molecule has 4 rings (SSSR count). The van der Waals surface area contributed by atoms with Crippen molar-refractivity contribution >= 4 is 34.9 Å². The first kappa shape index (κ1) is 28.7. The molecule has 0 radical (unpaired) electrons. The van der Waals surface area contributed by atoms with E-state index in [-0.39, 0.29) is 5.56 Å². The Balaban J connectivity index is 1.50. The molecule has 1 amide bonds. The molecule has 3 aromatic rings. The summed E-state index contributed by atoms with van der Waals surface area (Å²) in [5.74, 6) is 0.0253. The molecule has 1 N–H and O–H groups in total. The number of halogens is 2. The number of amides is 1.